The minimum absolute atomic E-state index is 0.170. The van der Waals surface area contributed by atoms with E-state index in [1.807, 2.05) is 18.9 Å². The van der Waals surface area contributed by atoms with Crippen molar-refractivity contribution in [1.29, 1.82) is 0 Å². The second-order valence-electron chi connectivity index (χ2n) is 3.64. The van der Waals surface area contributed by atoms with Gasteiger partial charge < -0.3 is 9.80 Å². The molecule has 1 saturated heterocycles. The summed E-state index contributed by atoms with van der Waals surface area (Å²) in [4.78, 5) is 15.3. The number of urea groups is 1. The zero-order valence-corrected chi connectivity index (χ0v) is 8.37. The molecule has 2 atom stereocenters. The molecule has 70 valence electrons. The number of amides is 2. The molecule has 0 N–H and O–H groups in total. The highest BCUT2D eigenvalue weighted by Gasteiger charge is 2.36. The molecule has 0 aromatic carbocycles. The lowest BCUT2D eigenvalue weighted by Crippen LogP contribution is -2.59. The first-order valence-electron chi connectivity index (χ1n) is 4.61. The summed E-state index contributed by atoms with van der Waals surface area (Å²) in [6.07, 6.45) is 1.14. The summed E-state index contributed by atoms with van der Waals surface area (Å²) in [6, 6.07) is 1.03. The molecule has 0 bridgehead atoms. The Labute approximate surface area is 74.3 Å². The Hall–Kier alpha value is -0.730. The lowest BCUT2D eigenvalue weighted by Gasteiger charge is -2.46. The standard InChI is InChI=1S/C9H18N2O/c1-5-10(4)9(12)11-7(2)6-8(11)3/h7-8H,5-6H2,1-4H3. The Morgan fingerprint density at radius 3 is 2.33 bits per heavy atom. The average Bonchev–Trinajstić information content (AvgIpc) is 2.02. The summed E-state index contributed by atoms with van der Waals surface area (Å²) < 4.78 is 0. The molecule has 0 aliphatic carbocycles. The summed E-state index contributed by atoms with van der Waals surface area (Å²) in [7, 11) is 1.85. The molecule has 2 amide bonds. The highest BCUT2D eigenvalue weighted by atomic mass is 16.2. The van der Waals surface area contributed by atoms with Gasteiger partial charge in [0.2, 0.25) is 0 Å². The Morgan fingerprint density at radius 1 is 1.50 bits per heavy atom. The van der Waals surface area contributed by atoms with Gasteiger partial charge in [-0.1, -0.05) is 0 Å². The molecule has 1 fully saturated rings. The number of rotatable bonds is 1. The first-order valence-corrected chi connectivity index (χ1v) is 4.61. The van der Waals surface area contributed by atoms with Gasteiger partial charge in [-0.2, -0.15) is 0 Å². The second kappa shape index (κ2) is 3.33. The van der Waals surface area contributed by atoms with Crippen LogP contribution in [0.3, 0.4) is 0 Å². The molecular weight excluding hydrogens is 152 g/mol. The van der Waals surface area contributed by atoms with Crippen LogP contribution in [-0.2, 0) is 0 Å². The van der Waals surface area contributed by atoms with E-state index in [0.29, 0.717) is 12.1 Å². The van der Waals surface area contributed by atoms with Gasteiger partial charge in [-0.15, -0.1) is 0 Å². The van der Waals surface area contributed by atoms with Gasteiger partial charge in [-0.3, -0.25) is 0 Å². The fourth-order valence-corrected chi connectivity index (χ4v) is 1.73. The van der Waals surface area contributed by atoms with Crippen LogP contribution in [0.15, 0.2) is 0 Å². The fourth-order valence-electron chi connectivity index (χ4n) is 1.73. The minimum atomic E-state index is 0.170. The van der Waals surface area contributed by atoms with Crippen LogP contribution in [-0.4, -0.2) is 41.5 Å². The summed E-state index contributed by atoms with van der Waals surface area (Å²) in [5, 5.41) is 0. The molecule has 0 aromatic heterocycles. The lowest BCUT2D eigenvalue weighted by atomic mass is 9.96. The number of hydrogen-bond acceptors (Lipinski definition) is 1. The smallest absolute Gasteiger partial charge is 0.320 e. The predicted octanol–water partition coefficient (Wildman–Crippen LogP) is 1.54. The molecule has 0 radical (unpaired) electrons. The summed E-state index contributed by atoms with van der Waals surface area (Å²) >= 11 is 0. The molecule has 0 aromatic rings. The van der Waals surface area contributed by atoms with Crippen LogP contribution >= 0.6 is 0 Å². The van der Waals surface area contributed by atoms with E-state index in [0.717, 1.165) is 13.0 Å². The third-order valence-electron chi connectivity index (χ3n) is 2.65. The Bertz CT molecular complexity index is 173. The molecule has 3 nitrogen and oxygen atoms in total. The van der Waals surface area contributed by atoms with Crippen LogP contribution in [0.4, 0.5) is 4.79 Å². The number of likely N-dealkylation sites (tertiary alicyclic amines) is 1. The Morgan fingerprint density at radius 2 is 2.00 bits per heavy atom. The third-order valence-corrected chi connectivity index (χ3v) is 2.65. The van der Waals surface area contributed by atoms with Crippen molar-refractivity contribution in [1.82, 2.24) is 9.80 Å². The van der Waals surface area contributed by atoms with Crippen molar-refractivity contribution in [3.63, 3.8) is 0 Å². The quantitative estimate of drug-likeness (QED) is 0.585. The van der Waals surface area contributed by atoms with Crippen LogP contribution < -0.4 is 0 Å². The highest BCUT2D eigenvalue weighted by molar-refractivity contribution is 5.75. The summed E-state index contributed by atoms with van der Waals surface area (Å²) in [6.45, 7) is 6.98. The van der Waals surface area contributed by atoms with E-state index in [1.54, 1.807) is 4.90 Å². The number of carbonyl (C=O) groups excluding carboxylic acids is 1. The zero-order chi connectivity index (χ0) is 9.30. The second-order valence-corrected chi connectivity index (χ2v) is 3.64. The van der Waals surface area contributed by atoms with E-state index in [1.165, 1.54) is 0 Å². The summed E-state index contributed by atoms with van der Waals surface area (Å²) in [5.74, 6) is 0. The SMILES string of the molecule is CCN(C)C(=O)N1C(C)CC1C. The molecular formula is C9H18N2O. The largest absolute Gasteiger partial charge is 0.328 e. The van der Waals surface area contributed by atoms with Gasteiger partial charge in [0.25, 0.3) is 0 Å². The molecule has 3 heteroatoms. The van der Waals surface area contributed by atoms with E-state index in [4.69, 9.17) is 0 Å². The van der Waals surface area contributed by atoms with Gasteiger partial charge in [-0.25, -0.2) is 4.79 Å². The van der Waals surface area contributed by atoms with E-state index in [-0.39, 0.29) is 6.03 Å². The van der Waals surface area contributed by atoms with Crippen molar-refractivity contribution in [2.24, 2.45) is 0 Å². The Balaban J connectivity index is 2.52. The summed E-state index contributed by atoms with van der Waals surface area (Å²) in [5.41, 5.74) is 0. The van der Waals surface area contributed by atoms with Crippen LogP contribution in [0, 0.1) is 0 Å². The number of carbonyl (C=O) groups is 1. The van der Waals surface area contributed by atoms with Gasteiger partial charge in [0.05, 0.1) is 0 Å². The predicted molar refractivity (Wildman–Crippen MR) is 49.1 cm³/mol. The Kier molecular flexibility index (Phi) is 2.60. The number of hydrogen-bond donors (Lipinski definition) is 0. The van der Waals surface area contributed by atoms with E-state index in [2.05, 4.69) is 13.8 Å². The monoisotopic (exact) mass is 170 g/mol. The van der Waals surface area contributed by atoms with Crippen LogP contribution in [0.25, 0.3) is 0 Å². The average molecular weight is 170 g/mol. The van der Waals surface area contributed by atoms with Gasteiger partial charge in [0.15, 0.2) is 0 Å². The minimum Gasteiger partial charge on any atom is -0.328 e. The normalized spacial score (nSPS) is 28.2. The van der Waals surface area contributed by atoms with Crippen molar-refractivity contribution in [3.8, 4) is 0 Å². The third kappa shape index (κ3) is 1.40. The van der Waals surface area contributed by atoms with Gasteiger partial charge >= 0.3 is 6.03 Å². The topological polar surface area (TPSA) is 23.6 Å². The van der Waals surface area contributed by atoms with Crippen molar-refractivity contribution in [2.45, 2.75) is 39.3 Å². The maximum atomic E-state index is 11.6. The molecule has 12 heavy (non-hydrogen) atoms. The fraction of sp³-hybridized carbons (Fsp3) is 0.889. The van der Waals surface area contributed by atoms with Crippen molar-refractivity contribution >= 4 is 6.03 Å². The maximum absolute atomic E-state index is 11.6. The van der Waals surface area contributed by atoms with Gasteiger partial charge in [-0.05, 0) is 27.2 Å². The van der Waals surface area contributed by atoms with Crippen molar-refractivity contribution in [3.05, 3.63) is 0 Å². The highest BCUT2D eigenvalue weighted by Crippen LogP contribution is 2.25. The molecule has 2 unspecified atom stereocenters. The number of nitrogens with zero attached hydrogens (tertiary/aromatic N) is 2. The first-order chi connectivity index (χ1) is 5.57. The van der Waals surface area contributed by atoms with Crippen molar-refractivity contribution < 1.29 is 4.79 Å². The van der Waals surface area contributed by atoms with Gasteiger partial charge in [0.1, 0.15) is 0 Å². The molecule has 1 rings (SSSR count). The molecule has 1 aliphatic heterocycles. The lowest BCUT2D eigenvalue weighted by molar-refractivity contribution is 0.0548. The van der Waals surface area contributed by atoms with Crippen LogP contribution in [0.2, 0.25) is 0 Å². The molecule has 1 heterocycles. The van der Waals surface area contributed by atoms with Crippen LogP contribution in [0.1, 0.15) is 27.2 Å². The van der Waals surface area contributed by atoms with E-state index < -0.39 is 0 Å². The molecule has 0 saturated carbocycles. The van der Waals surface area contributed by atoms with Gasteiger partial charge in [0, 0.05) is 25.7 Å². The van der Waals surface area contributed by atoms with E-state index >= 15 is 0 Å². The zero-order valence-electron chi connectivity index (χ0n) is 8.37. The molecule has 1 aliphatic rings. The maximum Gasteiger partial charge on any atom is 0.320 e. The van der Waals surface area contributed by atoms with E-state index in [9.17, 15) is 4.79 Å². The van der Waals surface area contributed by atoms with Crippen LogP contribution in [0.5, 0.6) is 0 Å². The first kappa shape index (κ1) is 9.36. The molecule has 0 spiro atoms. The van der Waals surface area contributed by atoms with Crippen molar-refractivity contribution in [2.75, 3.05) is 13.6 Å².